The molecular formula is C21H34ClNO. The monoisotopic (exact) mass is 351 g/mol. The van der Waals surface area contributed by atoms with Crippen molar-refractivity contribution >= 4 is 11.6 Å². The molecular weight excluding hydrogens is 318 g/mol. The van der Waals surface area contributed by atoms with Gasteiger partial charge in [-0.2, -0.15) is 0 Å². The smallest absolute Gasteiger partial charge is 0.0790 e. The van der Waals surface area contributed by atoms with Crippen LogP contribution in [0.15, 0.2) is 58.5 Å². The first-order valence-corrected chi connectivity index (χ1v) is 9.03. The summed E-state index contributed by atoms with van der Waals surface area (Å²) in [6, 6.07) is 0. The molecule has 0 aromatic rings. The number of allylic oxidation sites excluding steroid dienone is 4. The fourth-order valence-corrected chi connectivity index (χ4v) is 2.55. The number of rotatable bonds is 11. The summed E-state index contributed by atoms with van der Waals surface area (Å²) in [5.41, 5.74) is 5.27. The van der Waals surface area contributed by atoms with Gasteiger partial charge in [0.15, 0.2) is 0 Å². The predicted molar refractivity (Wildman–Crippen MR) is 108 cm³/mol. The summed E-state index contributed by atoms with van der Waals surface area (Å²) < 4.78 is 5.37. The van der Waals surface area contributed by atoms with Crippen molar-refractivity contribution < 1.29 is 4.74 Å². The molecule has 0 saturated carbocycles. The van der Waals surface area contributed by atoms with Crippen LogP contribution in [0, 0.1) is 0 Å². The van der Waals surface area contributed by atoms with E-state index >= 15 is 0 Å². The number of hydrogen-bond donors (Lipinski definition) is 1. The Hall–Kier alpha value is -1.25. The van der Waals surface area contributed by atoms with Crippen LogP contribution in [-0.4, -0.2) is 13.2 Å². The maximum Gasteiger partial charge on any atom is 0.0790 e. The molecule has 0 amide bonds. The number of methoxy groups -OCH3 is 1. The summed E-state index contributed by atoms with van der Waals surface area (Å²) in [7, 11) is 1.68. The Morgan fingerprint density at radius 2 is 1.88 bits per heavy atom. The lowest BCUT2D eigenvalue weighted by Gasteiger charge is -2.19. The number of halogens is 1. The van der Waals surface area contributed by atoms with E-state index in [1.165, 1.54) is 5.57 Å². The fraction of sp³-hybridized carbons (Fsp3) is 0.524. The Labute approximate surface area is 154 Å². The molecule has 0 bridgehead atoms. The van der Waals surface area contributed by atoms with Gasteiger partial charge in [-0.25, -0.2) is 0 Å². The second-order valence-corrected chi connectivity index (χ2v) is 6.70. The standard InChI is InChI=1S/C21H34ClNO/c1-9-11-20(12-10-2)14-16(4)23-21(13-15(3)22)18(6)17(5)19(7)24-8/h11,13,19,23H,4-5,9-10,12,14H2,1-3,6-8H3/b15-13+,20-11+,21-18+. The van der Waals surface area contributed by atoms with Gasteiger partial charge in [-0.05, 0) is 50.8 Å². The molecule has 0 aliphatic rings. The first-order valence-electron chi connectivity index (χ1n) is 8.66. The zero-order chi connectivity index (χ0) is 18.7. The Bertz CT molecular complexity index is 522. The van der Waals surface area contributed by atoms with Crippen LogP contribution in [0.5, 0.6) is 0 Å². The van der Waals surface area contributed by atoms with Crippen molar-refractivity contribution in [3.8, 4) is 0 Å². The second kappa shape index (κ2) is 12.2. The summed E-state index contributed by atoms with van der Waals surface area (Å²) in [5.74, 6) is 0. The second-order valence-electron chi connectivity index (χ2n) is 6.10. The third kappa shape index (κ3) is 8.56. The van der Waals surface area contributed by atoms with Gasteiger partial charge in [0, 0.05) is 30.0 Å². The van der Waals surface area contributed by atoms with E-state index in [1.807, 2.05) is 26.8 Å². The molecule has 2 nitrogen and oxygen atoms in total. The molecule has 1 N–H and O–H groups in total. The molecule has 0 aliphatic heterocycles. The molecule has 0 aromatic carbocycles. The number of ether oxygens (including phenoxy) is 1. The average molecular weight is 352 g/mol. The third-order valence-electron chi connectivity index (χ3n) is 3.89. The van der Waals surface area contributed by atoms with Crippen molar-refractivity contribution in [2.45, 2.75) is 66.4 Å². The summed E-state index contributed by atoms with van der Waals surface area (Å²) in [5, 5.41) is 4.13. The quantitative estimate of drug-likeness (QED) is 0.333. The molecule has 3 heteroatoms. The highest BCUT2D eigenvalue weighted by Crippen LogP contribution is 2.22. The molecule has 24 heavy (non-hydrogen) atoms. The third-order valence-corrected chi connectivity index (χ3v) is 4.00. The van der Waals surface area contributed by atoms with E-state index in [-0.39, 0.29) is 6.10 Å². The predicted octanol–water partition coefficient (Wildman–Crippen LogP) is 6.62. The van der Waals surface area contributed by atoms with Crippen LogP contribution >= 0.6 is 11.6 Å². The van der Waals surface area contributed by atoms with E-state index in [0.717, 1.165) is 48.2 Å². The van der Waals surface area contributed by atoms with Crippen LogP contribution in [0.2, 0.25) is 0 Å². The minimum absolute atomic E-state index is 0.0465. The molecule has 0 fully saturated rings. The van der Waals surface area contributed by atoms with Gasteiger partial charge in [0.05, 0.1) is 6.10 Å². The lowest BCUT2D eigenvalue weighted by molar-refractivity contribution is 0.149. The summed E-state index contributed by atoms with van der Waals surface area (Å²) in [6.07, 6.45) is 8.30. The van der Waals surface area contributed by atoms with Crippen molar-refractivity contribution in [3.63, 3.8) is 0 Å². The summed E-state index contributed by atoms with van der Waals surface area (Å²) in [6.45, 7) is 18.6. The van der Waals surface area contributed by atoms with Gasteiger partial charge in [-0.3, -0.25) is 0 Å². The zero-order valence-electron chi connectivity index (χ0n) is 16.3. The largest absolute Gasteiger partial charge is 0.377 e. The maximum absolute atomic E-state index is 6.11. The highest BCUT2D eigenvalue weighted by molar-refractivity contribution is 6.29. The van der Waals surface area contributed by atoms with Gasteiger partial charge >= 0.3 is 0 Å². The molecule has 0 saturated heterocycles. The average Bonchev–Trinajstić information content (AvgIpc) is 2.52. The Morgan fingerprint density at radius 3 is 2.33 bits per heavy atom. The van der Waals surface area contributed by atoms with Crippen molar-refractivity contribution in [1.82, 2.24) is 5.32 Å². The first-order chi connectivity index (χ1) is 11.3. The SMILES string of the molecule is C=C(C/C(=C/CC)CCC)NC(/C=C(\C)Cl)=C(\C)C(=C)C(C)OC. The Morgan fingerprint density at radius 1 is 1.25 bits per heavy atom. The van der Waals surface area contributed by atoms with E-state index < -0.39 is 0 Å². The highest BCUT2D eigenvalue weighted by Gasteiger charge is 2.12. The van der Waals surface area contributed by atoms with Gasteiger partial charge in [-0.15, -0.1) is 0 Å². The van der Waals surface area contributed by atoms with Gasteiger partial charge in [0.25, 0.3) is 0 Å². The van der Waals surface area contributed by atoms with E-state index in [1.54, 1.807) is 7.11 Å². The zero-order valence-corrected chi connectivity index (χ0v) is 17.0. The summed E-state index contributed by atoms with van der Waals surface area (Å²) in [4.78, 5) is 0. The van der Waals surface area contributed by atoms with Crippen LogP contribution < -0.4 is 5.32 Å². The molecule has 136 valence electrons. The lowest BCUT2D eigenvalue weighted by atomic mass is 10.0. The van der Waals surface area contributed by atoms with Crippen molar-refractivity contribution in [2.24, 2.45) is 0 Å². The molecule has 0 heterocycles. The Kier molecular flexibility index (Phi) is 11.5. The van der Waals surface area contributed by atoms with Crippen LogP contribution in [0.1, 0.15) is 60.3 Å². The molecule has 0 spiro atoms. The Balaban J connectivity index is 5.36. The maximum atomic E-state index is 6.11. The first kappa shape index (κ1) is 22.8. The van der Waals surface area contributed by atoms with Crippen LogP contribution in [0.3, 0.4) is 0 Å². The molecule has 0 rings (SSSR count). The molecule has 0 aliphatic carbocycles. The van der Waals surface area contributed by atoms with Crippen LogP contribution in [0.4, 0.5) is 0 Å². The van der Waals surface area contributed by atoms with Gasteiger partial charge in [-0.1, -0.05) is 56.7 Å². The van der Waals surface area contributed by atoms with Crippen LogP contribution in [0.25, 0.3) is 0 Å². The molecule has 1 atom stereocenters. The highest BCUT2D eigenvalue weighted by atomic mass is 35.5. The normalized spacial score (nSPS) is 15.0. The van der Waals surface area contributed by atoms with E-state index in [4.69, 9.17) is 16.3 Å². The van der Waals surface area contributed by atoms with E-state index in [2.05, 4.69) is 38.4 Å². The van der Waals surface area contributed by atoms with E-state index in [9.17, 15) is 0 Å². The topological polar surface area (TPSA) is 21.3 Å². The van der Waals surface area contributed by atoms with Gasteiger partial charge < -0.3 is 10.1 Å². The van der Waals surface area contributed by atoms with Gasteiger partial charge in [0.2, 0.25) is 0 Å². The molecule has 1 unspecified atom stereocenters. The van der Waals surface area contributed by atoms with Crippen LogP contribution in [-0.2, 0) is 4.74 Å². The van der Waals surface area contributed by atoms with Gasteiger partial charge in [0.1, 0.15) is 0 Å². The van der Waals surface area contributed by atoms with Crippen molar-refractivity contribution in [1.29, 1.82) is 0 Å². The minimum Gasteiger partial charge on any atom is -0.377 e. The van der Waals surface area contributed by atoms with E-state index in [0.29, 0.717) is 5.03 Å². The minimum atomic E-state index is -0.0465. The number of nitrogens with one attached hydrogen (secondary N) is 1. The van der Waals surface area contributed by atoms with Crippen molar-refractivity contribution in [2.75, 3.05) is 7.11 Å². The lowest BCUT2D eigenvalue weighted by Crippen LogP contribution is -2.17. The fourth-order valence-electron chi connectivity index (χ4n) is 2.44. The molecule has 0 aromatic heterocycles. The summed E-state index contributed by atoms with van der Waals surface area (Å²) >= 11 is 6.11. The van der Waals surface area contributed by atoms with Crippen molar-refractivity contribution in [3.05, 3.63) is 58.5 Å². The molecule has 0 radical (unpaired) electrons. The number of hydrogen-bond acceptors (Lipinski definition) is 2.